The second-order valence-corrected chi connectivity index (χ2v) is 4.78. The minimum absolute atomic E-state index is 0.113. The number of pyridine rings is 1. The summed E-state index contributed by atoms with van der Waals surface area (Å²) in [6.45, 7) is 0. The predicted molar refractivity (Wildman–Crippen MR) is 82.2 cm³/mol. The third-order valence-electron chi connectivity index (χ3n) is 3.23. The minimum Gasteiger partial charge on any atom is -0.367 e. The van der Waals surface area contributed by atoms with E-state index in [4.69, 9.17) is 0 Å². The SMILES string of the molecule is O=C(Nc1ccc(Cc2ccncc2)cc1)c1cc[nH]c1. The number of amides is 1. The van der Waals surface area contributed by atoms with Crippen molar-refractivity contribution in [2.24, 2.45) is 0 Å². The number of carbonyl (C=O) groups is 1. The van der Waals surface area contributed by atoms with Gasteiger partial charge in [0, 0.05) is 30.5 Å². The molecule has 0 bridgehead atoms. The van der Waals surface area contributed by atoms with Gasteiger partial charge < -0.3 is 10.3 Å². The van der Waals surface area contributed by atoms with Gasteiger partial charge in [-0.25, -0.2) is 0 Å². The molecule has 0 aliphatic carbocycles. The summed E-state index contributed by atoms with van der Waals surface area (Å²) < 4.78 is 0. The van der Waals surface area contributed by atoms with Gasteiger partial charge in [0.15, 0.2) is 0 Å². The van der Waals surface area contributed by atoms with Gasteiger partial charge in [-0.1, -0.05) is 12.1 Å². The van der Waals surface area contributed by atoms with Crippen LogP contribution in [0, 0.1) is 0 Å². The molecule has 0 saturated heterocycles. The first-order valence-electron chi connectivity index (χ1n) is 6.73. The van der Waals surface area contributed by atoms with Crippen molar-refractivity contribution in [3.63, 3.8) is 0 Å². The fourth-order valence-electron chi connectivity index (χ4n) is 2.11. The summed E-state index contributed by atoms with van der Waals surface area (Å²) in [6.07, 6.45) is 7.84. The summed E-state index contributed by atoms with van der Waals surface area (Å²) in [5.74, 6) is -0.113. The van der Waals surface area contributed by atoms with Crippen LogP contribution in [-0.4, -0.2) is 15.9 Å². The second-order valence-electron chi connectivity index (χ2n) is 4.78. The van der Waals surface area contributed by atoms with Gasteiger partial charge in [-0.2, -0.15) is 0 Å². The molecule has 0 aliphatic heterocycles. The highest BCUT2D eigenvalue weighted by molar-refractivity contribution is 6.04. The lowest BCUT2D eigenvalue weighted by Crippen LogP contribution is -2.10. The Balaban J connectivity index is 1.65. The topological polar surface area (TPSA) is 57.8 Å². The van der Waals surface area contributed by atoms with Crippen molar-refractivity contribution in [2.45, 2.75) is 6.42 Å². The molecule has 4 heteroatoms. The van der Waals surface area contributed by atoms with Crippen molar-refractivity contribution in [1.29, 1.82) is 0 Å². The average molecular weight is 277 g/mol. The lowest BCUT2D eigenvalue weighted by molar-refractivity contribution is 0.102. The Morgan fingerprint density at radius 3 is 2.38 bits per heavy atom. The summed E-state index contributed by atoms with van der Waals surface area (Å²) in [5.41, 5.74) is 3.82. The zero-order valence-corrected chi connectivity index (χ0v) is 11.4. The first-order valence-corrected chi connectivity index (χ1v) is 6.73. The number of rotatable bonds is 4. The van der Waals surface area contributed by atoms with E-state index < -0.39 is 0 Å². The molecule has 0 atom stereocenters. The third-order valence-corrected chi connectivity index (χ3v) is 3.23. The van der Waals surface area contributed by atoms with E-state index in [1.807, 2.05) is 36.4 Å². The number of nitrogens with one attached hydrogen (secondary N) is 2. The Hall–Kier alpha value is -2.88. The van der Waals surface area contributed by atoms with Gasteiger partial charge in [-0.15, -0.1) is 0 Å². The second kappa shape index (κ2) is 6.05. The van der Waals surface area contributed by atoms with Gasteiger partial charge in [0.1, 0.15) is 0 Å². The number of aromatic amines is 1. The Morgan fingerprint density at radius 2 is 1.71 bits per heavy atom. The maximum atomic E-state index is 11.9. The Kier molecular flexibility index (Phi) is 3.78. The zero-order valence-electron chi connectivity index (χ0n) is 11.4. The fourth-order valence-corrected chi connectivity index (χ4v) is 2.11. The van der Waals surface area contributed by atoms with Gasteiger partial charge in [0.25, 0.3) is 5.91 Å². The van der Waals surface area contributed by atoms with Gasteiger partial charge in [-0.05, 0) is 47.9 Å². The van der Waals surface area contributed by atoms with Crippen LogP contribution in [0.15, 0.2) is 67.3 Å². The lowest BCUT2D eigenvalue weighted by atomic mass is 10.1. The van der Waals surface area contributed by atoms with Gasteiger partial charge in [-0.3, -0.25) is 9.78 Å². The molecule has 0 saturated carbocycles. The van der Waals surface area contributed by atoms with Gasteiger partial charge in [0.2, 0.25) is 0 Å². The summed E-state index contributed by atoms with van der Waals surface area (Å²) in [4.78, 5) is 18.8. The lowest BCUT2D eigenvalue weighted by Gasteiger charge is -2.06. The van der Waals surface area contributed by atoms with Crippen molar-refractivity contribution in [1.82, 2.24) is 9.97 Å². The first kappa shape index (κ1) is 13.1. The number of hydrogen-bond acceptors (Lipinski definition) is 2. The van der Waals surface area contributed by atoms with Crippen molar-refractivity contribution in [3.8, 4) is 0 Å². The molecule has 0 aliphatic rings. The van der Waals surface area contributed by atoms with Crippen LogP contribution in [-0.2, 0) is 6.42 Å². The third kappa shape index (κ3) is 3.36. The van der Waals surface area contributed by atoms with Crippen LogP contribution >= 0.6 is 0 Å². The van der Waals surface area contributed by atoms with E-state index in [0.29, 0.717) is 5.56 Å². The number of H-pyrrole nitrogens is 1. The number of anilines is 1. The molecule has 1 aromatic carbocycles. The van der Waals surface area contributed by atoms with E-state index in [-0.39, 0.29) is 5.91 Å². The number of aromatic nitrogens is 2. The number of hydrogen-bond donors (Lipinski definition) is 2. The highest BCUT2D eigenvalue weighted by Crippen LogP contribution is 2.14. The monoisotopic (exact) mass is 277 g/mol. The summed E-state index contributed by atoms with van der Waals surface area (Å²) in [6, 6.07) is 13.6. The molecule has 4 nitrogen and oxygen atoms in total. The standard InChI is InChI=1S/C17H15N3O/c21-17(15-7-10-19-12-15)20-16-3-1-13(2-4-16)11-14-5-8-18-9-6-14/h1-10,12,19H,11H2,(H,20,21). The number of nitrogens with zero attached hydrogens (tertiary/aromatic N) is 1. The Bertz CT molecular complexity index is 704. The largest absolute Gasteiger partial charge is 0.367 e. The van der Waals surface area contributed by atoms with Gasteiger partial charge in [0.05, 0.1) is 5.56 Å². The van der Waals surface area contributed by atoms with E-state index in [1.54, 1.807) is 30.9 Å². The summed E-state index contributed by atoms with van der Waals surface area (Å²) in [7, 11) is 0. The molecular formula is C17H15N3O. The molecule has 2 aromatic heterocycles. The van der Waals surface area contributed by atoms with E-state index >= 15 is 0 Å². The first-order chi connectivity index (χ1) is 10.3. The van der Waals surface area contributed by atoms with Crippen LogP contribution in [0.1, 0.15) is 21.5 Å². The predicted octanol–water partition coefficient (Wildman–Crippen LogP) is 3.25. The quantitative estimate of drug-likeness (QED) is 0.769. The maximum Gasteiger partial charge on any atom is 0.257 e. The number of benzene rings is 1. The molecule has 3 rings (SSSR count). The van der Waals surface area contributed by atoms with Crippen molar-refractivity contribution in [3.05, 3.63) is 83.9 Å². The smallest absolute Gasteiger partial charge is 0.257 e. The Labute approximate surface area is 122 Å². The van der Waals surface area contributed by atoms with E-state index in [2.05, 4.69) is 15.3 Å². The fraction of sp³-hybridized carbons (Fsp3) is 0.0588. The van der Waals surface area contributed by atoms with Crippen molar-refractivity contribution < 1.29 is 4.79 Å². The van der Waals surface area contributed by atoms with Crippen LogP contribution in [0.3, 0.4) is 0 Å². The molecule has 1 amide bonds. The summed E-state index contributed by atoms with van der Waals surface area (Å²) in [5, 5.41) is 2.87. The van der Waals surface area contributed by atoms with E-state index in [0.717, 1.165) is 12.1 Å². The van der Waals surface area contributed by atoms with Crippen LogP contribution < -0.4 is 5.32 Å². The van der Waals surface area contributed by atoms with Crippen LogP contribution in [0.4, 0.5) is 5.69 Å². The summed E-state index contributed by atoms with van der Waals surface area (Å²) >= 11 is 0. The molecule has 2 N–H and O–H groups in total. The molecule has 2 heterocycles. The maximum absolute atomic E-state index is 11.9. The molecule has 0 fully saturated rings. The molecule has 104 valence electrons. The highest BCUT2D eigenvalue weighted by Gasteiger charge is 2.05. The highest BCUT2D eigenvalue weighted by atomic mass is 16.1. The minimum atomic E-state index is -0.113. The molecule has 21 heavy (non-hydrogen) atoms. The van der Waals surface area contributed by atoms with Crippen LogP contribution in [0.2, 0.25) is 0 Å². The molecule has 0 radical (unpaired) electrons. The van der Waals surface area contributed by atoms with Crippen LogP contribution in [0.5, 0.6) is 0 Å². The average Bonchev–Trinajstić information content (AvgIpc) is 3.05. The van der Waals surface area contributed by atoms with Crippen molar-refractivity contribution >= 4 is 11.6 Å². The molecule has 0 unspecified atom stereocenters. The molecular weight excluding hydrogens is 262 g/mol. The molecule has 0 spiro atoms. The van der Waals surface area contributed by atoms with Crippen molar-refractivity contribution in [2.75, 3.05) is 5.32 Å². The zero-order chi connectivity index (χ0) is 14.5. The Morgan fingerprint density at radius 1 is 1.00 bits per heavy atom. The van der Waals surface area contributed by atoms with Crippen LogP contribution in [0.25, 0.3) is 0 Å². The van der Waals surface area contributed by atoms with Gasteiger partial charge >= 0.3 is 0 Å². The van der Waals surface area contributed by atoms with E-state index in [9.17, 15) is 4.79 Å². The number of carbonyl (C=O) groups excluding carboxylic acids is 1. The van der Waals surface area contributed by atoms with E-state index in [1.165, 1.54) is 11.1 Å². The normalized spacial score (nSPS) is 10.3. The molecule has 3 aromatic rings.